The lowest BCUT2D eigenvalue weighted by atomic mass is 10.2. The quantitative estimate of drug-likeness (QED) is 0.647. The standard InChI is InChI=1S/C21H22ClN3O4S2/c22-14-6-5-7-15(12-14)24-31(28,29)16-8-9-18-17(13-16)23-20(26)19(30-18)21(27)25-10-3-1-2-4-11-25/h5-9,12-13,19,24H,1-4,10-11H2,(H,23,26). The van der Waals surface area contributed by atoms with Gasteiger partial charge in [-0.25, -0.2) is 8.42 Å². The maximum Gasteiger partial charge on any atom is 0.261 e. The summed E-state index contributed by atoms with van der Waals surface area (Å²) >= 11 is 7.08. The summed E-state index contributed by atoms with van der Waals surface area (Å²) in [6, 6.07) is 10.9. The van der Waals surface area contributed by atoms with Gasteiger partial charge in [0.25, 0.3) is 10.0 Å². The van der Waals surface area contributed by atoms with Crippen molar-refractivity contribution in [3.63, 3.8) is 0 Å². The Morgan fingerprint density at radius 1 is 1.10 bits per heavy atom. The Morgan fingerprint density at radius 3 is 2.55 bits per heavy atom. The second-order valence-corrected chi connectivity index (χ2v) is 10.8. The molecule has 2 aliphatic heterocycles. The number of hydrogen-bond acceptors (Lipinski definition) is 5. The van der Waals surface area contributed by atoms with Crippen molar-refractivity contribution in [3.05, 3.63) is 47.5 Å². The Hall–Kier alpha value is -2.23. The van der Waals surface area contributed by atoms with Crippen LogP contribution in [0.5, 0.6) is 0 Å². The molecular weight excluding hydrogens is 458 g/mol. The van der Waals surface area contributed by atoms with E-state index in [2.05, 4.69) is 10.0 Å². The Kier molecular flexibility index (Phi) is 6.45. The Morgan fingerprint density at radius 2 is 1.84 bits per heavy atom. The van der Waals surface area contributed by atoms with Gasteiger partial charge in [-0.3, -0.25) is 14.3 Å². The number of halogens is 1. The summed E-state index contributed by atoms with van der Waals surface area (Å²) in [5.41, 5.74) is 0.718. The Balaban J connectivity index is 1.53. The molecule has 4 rings (SSSR count). The van der Waals surface area contributed by atoms with Crippen LogP contribution in [0.4, 0.5) is 11.4 Å². The Labute approximate surface area is 190 Å². The average Bonchev–Trinajstić information content (AvgIpc) is 3.01. The van der Waals surface area contributed by atoms with Gasteiger partial charge in [0, 0.05) is 23.0 Å². The topological polar surface area (TPSA) is 95.6 Å². The molecular formula is C21H22ClN3O4S2. The number of benzene rings is 2. The number of carbonyl (C=O) groups excluding carboxylic acids is 2. The number of anilines is 2. The van der Waals surface area contributed by atoms with E-state index < -0.39 is 21.2 Å². The zero-order chi connectivity index (χ0) is 22.0. The van der Waals surface area contributed by atoms with Crippen LogP contribution < -0.4 is 10.0 Å². The molecule has 1 fully saturated rings. The molecule has 2 aliphatic rings. The van der Waals surface area contributed by atoms with Gasteiger partial charge in [0.05, 0.1) is 16.3 Å². The van der Waals surface area contributed by atoms with Crippen molar-refractivity contribution in [1.29, 1.82) is 0 Å². The van der Waals surface area contributed by atoms with E-state index in [0.29, 0.717) is 34.4 Å². The summed E-state index contributed by atoms with van der Waals surface area (Å²) in [6.45, 7) is 1.34. The molecule has 1 saturated heterocycles. The summed E-state index contributed by atoms with van der Waals surface area (Å²) in [6.07, 6.45) is 4.08. The van der Waals surface area contributed by atoms with Crippen molar-refractivity contribution in [2.75, 3.05) is 23.1 Å². The maximum atomic E-state index is 12.9. The number of nitrogens with one attached hydrogen (secondary N) is 2. The van der Waals surface area contributed by atoms with Crippen molar-refractivity contribution < 1.29 is 18.0 Å². The first-order valence-electron chi connectivity index (χ1n) is 10.0. The molecule has 0 aliphatic carbocycles. The van der Waals surface area contributed by atoms with Crippen LogP contribution >= 0.6 is 23.4 Å². The van der Waals surface area contributed by atoms with Crippen molar-refractivity contribution in [1.82, 2.24) is 4.90 Å². The highest BCUT2D eigenvalue weighted by Gasteiger charge is 2.36. The lowest BCUT2D eigenvalue weighted by Crippen LogP contribution is -2.45. The first-order valence-corrected chi connectivity index (χ1v) is 12.8. The number of hydrogen-bond donors (Lipinski definition) is 2. The molecule has 2 heterocycles. The molecule has 1 atom stereocenters. The smallest absolute Gasteiger partial charge is 0.261 e. The van der Waals surface area contributed by atoms with Gasteiger partial charge in [0.2, 0.25) is 11.8 Å². The SMILES string of the molecule is O=C1Nc2cc(S(=O)(=O)Nc3cccc(Cl)c3)ccc2SC1C(=O)N1CCCCCC1. The van der Waals surface area contributed by atoms with Gasteiger partial charge in [0.1, 0.15) is 0 Å². The van der Waals surface area contributed by atoms with Crippen LogP contribution in [-0.2, 0) is 19.6 Å². The summed E-state index contributed by atoms with van der Waals surface area (Å²) in [5, 5.41) is 2.26. The molecule has 0 aromatic heterocycles. The lowest BCUT2D eigenvalue weighted by molar-refractivity contribution is -0.133. The molecule has 0 saturated carbocycles. The highest BCUT2D eigenvalue weighted by Crippen LogP contribution is 2.38. The molecule has 31 heavy (non-hydrogen) atoms. The largest absolute Gasteiger partial charge is 0.341 e. The van der Waals surface area contributed by atoms with E-state index in [4.69, 9.17) is 11.6 Å². The molecule has 2 amide bonds. The minimum atomic E-state index is -3.88. The van der Waals surface area contributed by atoms with Gasteiger partial charge in [-0.2, -0.15) is 0 Å². The number of thioether (sulfide) groups is 1. The lowest BCUT2D eigenvalue weighted by Gasteiger charge is -2.28. The van der Waals surface area contributed by atoms with Crippen LogP contribution in [0, 0.1) is 0 Å². The number of rotatable bonds is 4. The van der Waals surface area contributed by atoms with Crippen LogP contribution in [0.2, 0.25) is 5.02 Å². The van der Waals surface area contributed by atoms with Gasteiger partial charge >= 0.3 is 0 Å². The van der Waals surface area contributed by atoms with Gasteiger partial charge < -0.3 is 10.2 Å². The van der Waals surface area contributed by atoms with E-state index in [9.17, 15) is 18.0 Å². The maximum absolute atomic E-state index is 12.9. The normalized spacial score (nSPS) is 19.2. The molecule has 164 valence electrons. The number of amides is 2. The molecule has 0 spiro atoms. The zero-order valence-corrected chi connectivity index (χ0v) is 19.0. The average molecular weight is 480 g/mol. The highest BCUT2D eigenvalue weighted by molar-refractivity contribution is 8.01. The third-order valence-electron chi connectivity index (χ3n) is 5.22. The van der Waals surface area contributed by atoms with E-state index in [-0.39, 0.29) is 10.8 Å². The number of nitrogens with zero attached hydrogens (tertiary/aromatic N) is 1. The monoisotopic (exact) mass is 479 g/mol. The number of fused-ring (bicyclic) bond motifs is 1. The van der Waals surface area contributed by atoms with E-state index in [1.54, 1.807) is 29.2 Å². The predicted molar refractivity (Wildman–Crippen MR) is 122 cm³/mol. The fourth-order valence-corrected chi connectivity index (χ4v) is 5.96. The summed E-state index contributed by atoms with van der Waals surface area (Å²) in [5.74, 6) is -0.613. The molecule has 2 N–H and O–H groups in total. The van der Waals surface area contributed by atoms with Crippen LogP contribution in [0.15, 0.2) is 52.3 Å². The zero-order valence-electron chi connectivity index (χ0n) is 16.6. The highest BCUT2D eigenvalue weighted by atomic mass is 35.5. The minimum Gasteiger partial charge on any atom is -0.341 e. The fraction of sp³-hybridized carbons (Fsp3) is 0.333. The third kappa shape index (κ3) is 4.99. The van der Waals surface area contributed by atoms with Crippen molar-refractivity contribution in [3.8, 4) is 0 Å². The minimum absolute atomic E-state index is 0.00409. The van der Waals surface area contributed by atoms with E-state index in [0.717, 1.165) is 37.4 Å². The van der Waals surface area contributed by atoms with Crippen LogP contribution in [0.3, 0.4) is 0 Å². The van der Waals surface area contributed by atoms with Crippen molar-refractivity contribution >= 4 is 56.6 Å². The van der Waals surface area contributed by atoms with Crippen molar-refractivity contribution in [2.45, 2.75) is 40.7 Å². The number of likely N-dealkylation sites (tertiary alicyclic amines) is 1. The van der Waals surface area contributed by atoms with Gasteiger partial charge in [-0.05, 0) is 49.2 Å². The first-order chi connectivity index (χ1) is 14.8. The molecule has 1 unspecified atom stereocenters. The second kappa shape index (κ2) is 9.10. The fourth-order valence-electron chi connectivity index (χ4n) is 3.64. The molecule has 0 radical (unpaired) electrons. The van der Waals surface area contributed by atoms with Gasteiger partial charge in [-0.1, -0.05) is 30.5 Å². The summed E-state index contributed by atoms with van der Waals surface area (Å²) < 4.78 is 28.0. The molecule has 2 aromatic rings. The number of carbonyl (C=O) groups is 2. The van der Waals surface area contributed by atoms with E-state index >= 15 is 0 Å². The van der Waals surface area contributed by atoms with Crippen LogP contribution in [0.1, 0.15) is 25.7 Å². The molecule has 0 bridgehead atoms. The second-order valence-electron chi connectivity index (χ2n) is 7.50. The molecule has 2 aromatic carbocycles. The van der Waals surface area contributed by atoms with E-state index in [1.807, 2.05) is 0 Å². The molecule has 7 nitrogen and oxygen atoms in total. The van der Waals surface area contributed by atoms with E-state index in [1.165, 1.54) is 18.2 Å². The first kappa shape index (κ1) is 22.0. The predicted octanol–water partition coefficient (Wildman–Crippen LogP) is 3.96. The van der Waals surface area contributed by atoms with Crippen LogP contribution in [0.25, 0.3) is 0 Å². The Bertz CT molecular complexity index is 1120. The number of sulfonamides is 1. The molecule has 10 heteroatoms. The van der Waals surface area contributed by atoms with Crippen LogP contribution in [-0.4, -0.2) is 43.5 Å². The third-order valence-corrected chi connectivity index (χ3v) is 8.10. The van der Waals surface area contributed by atoms with Gasteiger partial charge in [0.15, 0.2) is 5.25 Å². The summed E-state index contributed by atoms with van der Waals surface area (Å²) in [7, 11) is -3.88. The van der Waals surface area contributed by atoms with Gasteiger partial charge in [-0.15, -0.1) is 11.8 Å². The summed E-state index contributed by atoms with van der Waals surface area (Å²) in [4.78, 5) is 28.0. The van der Waals surface area contributed by atoms with Crippen molar-refractivity contribution in [2.24, 2.45) is 0 Å².